The second kappa shape index (κ2) is 13.9. The fraction of sp³-hybridized carbons (Fsp3) is 0.417. The van der Waals surface area contributed by atoms with Gasteiger partial charge in [-0.15, -0.1) is 0 Å². The number of hydrogen-bond acceptors (Lipinski definition) is 6. The minimum Gasteiger partial charge on any atom is -0.384 e. The molecule has 8 heteroatoms. The lowest BCUT2D eigenvalue weighted by atomic mass is 10.1. The fourth-order valence-corrected chi connectivity index (χ4v) is 3.03. The Labute approximate surface area is 189 Å². The standard InChI is InChI=1S/C24H31N5O3/c1-19(22-18-25-12-13-26-22)23(31)27-10-5-14-29(2)15-6-11-28-24(32)21-9-3-7-20(17-21)8-4-16-30/h3,7,9,12-13,17-19,30H,5-6,10-11,14-16H2,1-2H3,(H,27,31)(H,28,32). The monoisotopic (exact) mass is 437 g/mol. The molecular formula is C24H31N5O3. The number of nitrogens with one attached hydrogen (secondary N) is 2. The van der Waals surface area contributed by atoms with Gasteiger partial charge in [0.2, 0.25) is 5.91 Å². The number of aliphatic hydroxyl groups is 1. The summed E-state index contributed by atoms with van der Waals surface area (Å²) in [5, 5.41) is 14.6. The Kier molecular flexibility index (Phi) is 10.9. The highest BCUT2D eigenvalue weighted by molar-refractivity contribution is 5.94. The molecule has 0 spiro atoms. The molecule has 0 aliphatic rings. The van der Waals surface area contributed by atoms with E-state index in [2.05, 4.69) is 37.3 Å². The van der Waals surface area contributed by atoms with Gasteiger partial charge in [0.25, 0.3) is 5.91 Å². The minimum absolute atomic E-state index is 0.0534. The molecule has 0 bridgehead atoms. The maximum atomic E-state index is 12.3. The number of rotatable bonds is 11. The summed E-state index contributed by atoms with van der Waals surface area (Å²) in [7, 11) is 2.02. The number of carbonyl (C=O) groups excluding carboxylic acids is 2. The molecule has 0 fully saturated rings. The molecule has 32 heavy (non-hydrogen) atoms. The first-order valence-electron chi connectivity index (χ1n) is 10.7. The van der Waals surface area contributed by atoms with Gasteiger partial charge < -0.3 is 20.6 Å². The van der Waals surface area contributed by atoms with Crippen molar-refractivity contribution in [2.24, 2.45) is 0 Å². The summed E-state index contributed by atoms with van der Waals surface area (Å²) < 4.78 is 0. The van der Waals surface area contributed by atoms with E-state index in [9.17, 15) is 9.59 Å². The number of aliphatic hydroxyl groups excluding tert-OH is 1. The van der Waals surface area contributed by atoms with Gasteiger partial charge in [-0.2, -0.15) is 0 Å². The van der Waals surface area contributed by atoms with E-state index in [0.29, 0.717) is 29.9 Å². The number of benzene rings is 1. The number of carbonyl (C=O) groups is 2. The summed E-state index contributed by atoms with van der Waals surface area (Å²) in [6.07, 6.45) is 6.44. The van der Waals surface area contributed by atoms with E-state index >= 15 is 0 Å². The van der Waals surface area contributed by atoms with Crippen LogP contribution in [0, 0.1) is 11.8 Å². The van der Waals surface area contributed by atoms with Crippen LogP contribution in [0.25, 0.3) is 0 Å². The van der Waals surface area contributed by atoms with Crippen LogP contribution in [0.5, 0.6) is 0 Å². The van der Waals surface area contributed by atoms with Gasteiger partial charge in [-0.25, -0.2) is 0 Å². The summed E-state index contributed by atoms with van der Waals surface area (Å²) in [5.41, 5.74) is 1.91. The van der Waals surface area contributed by atoms with Crippen molar-refractivity contribution in [1.82, 2.24) is 25.5 Å². The first-order valence-corrected chi connectivity index (χ1v) is 10.7. The van der Waals surface area contributed by atoms with Crippen LogP contribution >= 0.6 is 0 Å². The Hall–Kier alpha value is -3.28. The third kappa shape index (κ3) is 8.84. The van der Waals surface area contributed by atoms with Gasteiger partial charge in [0, 0.05) is 42.8 Å². The van der Waals surface area contributed by atoms with Crippen molar-refractivity contribution in [2.75, 3.05) is 39.8 Å². The predicted octanol–water partition coefficient (Wildman–Crippen LogP) is 1.18. The molecule has 0 saturated heterocycles. The van der Waals surface area contributed by atoms with Gasteiger partial charge in [-0.1, -0.05) is 17.9 Å². The third-order valence-electron chi connectivity index (χ3n) is 4.87. The Morgan fingerprint density at radius 3 is 2.59 bits per heavy atom. The zero-order chi connectivity index (χ0) is 23.2. The predicted molar refractivity (Wildman–Crippen MR) is 123 cm³/mol. The largest absolute Gasteiger partial charge is 0.384 e. The summed E-state index contributed by atoms with van der Waals surface area (Å²) in [5.74, 6) is 4.86. The van der Waals surface area contributed by atoms with Gasteiger partial charge in [-0.05, 0) is 58.1 Å². The molecule has 1 unspecified atom stereocenters. The highest BCUT2D eigenvalue weighted by Gasteiger charge is 2.15. The molecule has 8 nitrogen and oxygen atoms in total. The fourth-order valence-electron chi connectivity index (χ4n) is 3.03. The van der Waals surface area contributed by atoms with Crippen molar-refractivity contribution >= 4 is 11.8 Å². The SMILES string of the molecule is CC(C(=O)NCCCN(C)CCCNC(=O)c1cccc(C#CCO)c1)c1cnccn1. The summed E-state index contributed by atoms with van der Waals surface area (Å²) in [6.45, 7) is 4.46. The number of hydrogen-bond donors (Lipinski definition) is 3. The molecule has 1 aromatic heterocycles. The number of nitrogens with zero attached hydrogens (tertiary/aromatic N) is 3. The van der Waals surface area contributed by atoms with Gasteiger partial charge in [0.15, 0.2) is 0 Å². The van der Waals surface area contributed by atoms with Crippen LogP contribution in [0.3, 0.4) is 0 Å². The van der Waals surface area contributed by atoms with E-state index < -0.39 is 0 Å². The Morgan fingerprint density at radius 2 is 1.91 bits per heavy atom. The molecule has 0 saturated carbocycles. The zero-order valence-electron chi connectivity index (χ0n) is 18.7. The van der Waals surface area contributed by atoms with Crippen LogP contribution in [0.1, 0.15) is 47.3 Å². The first kappa shape index (κ1) is 25.0. The van der Waals surface area contributed by atoms with E-state index in [1.165, 1.54) is 0 Å². The van der Waals surface area contributed by atoms with Crippen molar-refractivity contribution in [3.63, 3.8) is 0 Å². The average Bonchev–Trinajstić information content (AvgIpc) is 2.83. The molecule has 1 atom stereocenters. The van der Waals surface area contributed by atoms with E-state index in [-0.39, 0.29) is 24.3 Å². The van der Waals surface area contributed by atoms with E-state index in [1.807, 2.05) is 14.0 Å². The molecule has 2 rings (SSSR count). The number of amides is 2. The maximum Gasteiger partial charge on any atom is 0.251 e. The van der Waals surface area contributed by atoms with E-state index in [1.54, 1.807) is 42.9 Å². The molecule has 1 aromatic carbocycles. The Balaban J connectivity index is 1.59. The van der Waals surface area contributed by atoms with Crippen LogP contribution in [0.4, 0.5) is 0 Å². The summed E-state index contributed by atoms with van der Waals surface area (Å²) in [6, 6.07) is 7.03. The average molecular weight is 438 g/mol. The molecule has 3 N–H and O–H groups in total. The van der Waals surface area contributed by atoms with Crippen molar-refractivity contribution in [2.45, 2.75) is 25.7 Å². The van der Waals surface area contributed by atoms with Gasteiger partial charge >= 0.3 is 0 Å². The summed E-state index contributed by atoms with van der Waals surface area (Å²) in [4.78, 5) is 34.8. The van der Waals surface area contributed by atoms with Crippen molar-refractivity contribution in [3.05, 3.63) is 59.7 Å². The molecular weight excluding hydrogens is 406 g/mol. The first-order chi connectivity index (χ1) is 15.5. The molecule has 2 aromatic rings. The van der Waals surface area contributed by atoms with Crippen molar-refractivity contribution in [1.29, 1.82) is 0 Å². The van der Waals surface area contributed by atoms with Gasteiger partial charge in [-0.3, -0.25) is 19.6 Å². The maximum absolute atomic E-state index is 12.3. The normalized spacial score (nSPS) is 11.4. The Morgan fingerprint density at radius 1 is 1.16 bits per heavy atom. The summed E-state index contributed by atoms with van der Waals surface area (Å²) >= 11 is 0. The smallest absolute Gasteiger partial charge is 0.251 e. The molecule has 170 valence electrons. The molecule has 2 amide bonds. The van der Waals surface area contributed by atoms with Crippen LogP contribution in [0.15, 0.2) is 42.9 Å². The van der Waals surface area contributed by atoms with Crippen LogP contribution in [-0.2, 0) is 4.79 Å². The lowest BCUT2D eigenvalue weighted by Gasteiger charge is -2.17. The molecule has 0 aliphatic carbocycles. The topological polar surface area (TPSA) is 107 Å². The third-order valence-corrected chi connectivity index (χ3v) is 4.87. The van der Waals surface area contributed by atoms with E-state index in [4.69, 9.17) is 5.11 Å². The molecule has 0 aliphatic heterocycles. The van der Waals surface area contributed by atoms with Crippen LogP contribution in [-0.4, -0.2) is 71.6 Å². The van der Waals surface area contributed by atoms with Crippen LogP contribution in [0.2, 0.25) is 0 Å². The van der Waals surface area contributed by atoms with Gasteiger partial charge in [0.1, 0.15) is 6.61 Å². The number of aromatic nitrogens is 2. The van der Waals surface area contributed by atoms with E-state index in [0.717, 1.165) is 25.9 Å². The lowest BCUT2D eigenvalue weighted by Crippen LogP contribution is -2.32. The highest BCUT2D eigenvalue weighted by atomic mass is 16.2. The second-order valence-electron chi connectivity index (χ2n) is 7.45. The van der Waals surface area contributed by atoms with Crippen molar-refractivity contribution in [3.8, 4) is 11.8 Å². The van der Waals surface area contributed by atoms with Crippen molar-refractivity contribution < 1.29 is 14.7 Å². The molecule has 1 heterocycles. The quantitative estimate of drug-likeness (QED) is 0.360. The van der Waals surface area contributed by atoms with Gasteiger partial charge in [0.05, 0.1) is 11.6 Å². The highest BCUT2D eigenvalue weighted by Crippen LogP contribution is 2.10. The lowest BCUT2D eigenvalue weighted by molar-refractivity contribution is -0.122. The zero-order valence-corrected chi connectivity index (χ0v) is 18.7. The molecule has 0 radical (unpaired) electrons. The second-order valence-corrected chi connectivity index (χ2v) is 7.45. The Bertz CT molecular complexity index is 924. The van der Waals surface area contributed by atoms with Crippen LogP contribution < -0.4 is 10.6 Å². The minimum atomic E-state index is -0.326.